The van der Waals surface area contributed by atoms with Crippen molar-refractivity contribution in [3.63, 3.8) is 0 Å². The summed E-state index contributed by atoms with van der Waals surface area (Å²) < 4.78 is 11.2. The molecule has 5 rings (SSSR count). The minimum absolute atomic E-state index is 0.00281. The monoisotopic (exact) mass is 495 g/mol. The molecule has 186 valence electrons. The Hall–Kier alpha value is -4.72. The topological polar surface area (TPSA) is 97.8 Å². The van der Waals surface area contributed by atoms with Crippen LogP contribution in [0.3, 0.4) is 0 Å². The van der Waals surface area contributed by atoms with E-state index in [0.29, 0.717) is 33.6 Å². The Bertz CT molecular complexity index is 1500. The Balaban J connectivity index is 1.40. The van der Waals surface area contributed by atoms with E-state index >= 15 is 0 Å². The summed E-state index contributed by atoms with van der Waals surface area (Å²) in [7, 11) is 1.50. The number of ether oxygens (including phenoxy) is 2. The third kappa shape index (κ3) is 4.86. The maximum Gasteiger partial charge on any atom is 0.339 e. The molecule has 0 fully saturated rings. The summed E-state index contributed by atoms with van der Waals surface area (Å²) in [5, 5.41) is 3.17. The summed E-state index contributed by atoms with van der Waals surface area (Å²) in [5.74, 6) is -1.04. The highest BCUT2D eigenvalue weighted by Crippen LogP contribution is 2.33. The third-order valence-corrected chi connectivity index (χ3v) is 6.22. The second-order valence-corrected chi connectivity index (χ2v) is 8.71. The van der Waals surface area contributed by atoms with Crippen LogP contribution in [-0.4, -0.2) is 49.1 Å². The first-order valence-electron chi connectivity index (χ1n) is 11.9. The van der Waals surface area contributed by atoms with Gasteiger partial charge in [-0.15, -0.1) is 0 Å². The van der Waals surface area contributed by atoms with E-state index in [2.05, 4.69) is 5.32 Å². The van der Waals surface area contributed by atoms with E-state index < -0.39 is 24.6 Å². The van der Waals surface area contributed by atoms with Gasteiger partial charge in [-0.05, 0) is 31.2 Å². The van der Waals surface area contributed by atoms with Crippen molar-refractivity contribution in [2.24, 2.45) is 0 Å². The number of likely N-dealkylation sites (N-methyl/N-ethyl adjacent to an activating group) is 1. The molecule has 0 bridgehead atoms. The fourth-order valence-corrected chi connectivity index (χ4v) is 4.27. The van der Waals surface area contributed by atoms with Gasteiger partial charge in [0.15, 0.2) is 12.7 Å². The first kappa shape index (κ1) is 24.0. The smallest absolute Gasteiger partial charge is 0.339 e. The Kier molecular flexibility index (Phi) is 6.55. The largest absolute Gasteiger partial charge is 0.477 e. The predicted octanol–water partition coefficient (Wildman–Crippen LogP) is 3.91. The average Bonchev–Trinajstić information content (AvgIpc) is 2.94. The molecule has 2 amide bonds. The van der Waals surface area contributed by atoms with Gasteiger partial charge in [-0.25, -0.2) is 9.78 Å². The third-order valence-electron chi connectivity index (χ3n) is 6.22. The zero-order valence-electron chi connectivity index (χ0n) is 20.4. The molecule has 3 aromatic carbocycles. The van der Waals surface area contributed by atoms with Crippen LogP contribution in [0.5, 0.6) is 5.75 Å². The zero-order valence-corrected chi connectivity index (χ0v) is 20.4. The number of aryl methyl sites for hydroxylation is 1. The Morgan fingerprint density at radius 1 is 1.03 bits per heavy atom. The van der Waals surface area contributed by atoms with Crippen molar-refractivity contribution in [1.29, 1.82) is 0 Å². The molecule has 8 nitrogen and oxygen atoms in total. The maximum absolute atomic E-state index is 13.2. The number of rotatable bonds is 5. The second kappa shape index (κ2) is 10.1. The van der Waals surface area contributed by atoms with E-state index in [1.165, 1.54) is 11.9 Å². The number of anilines is 1. The van der Waals surface area contributed by atoms with Crippen LogP contribution >= 0.6 is 0 Å². The molecule has 1 aromatic heterocycles. The minimum atomic E-state index is -0.874. The number of fused-ring (bicyclic) bond motifs is 2. The number of carbonyl (C=O) groups is 3. The standard InChI is InChI=1S/C29H25N3O5/c1-18-11-13-19(14-12-18)23-15-21(20-7-3-4-8-22(20)31-23)29(35)36-17-27(33)32-16-26(28(34)30-2)37-25-10-6-5-9-24(25)32/h3-15,26H,16-17H2,1-2H3,(H,30,34). The number of amides is 2. The van der Waals surface area contributed by atoms with Crippen LogP contribution in [0.1, 0.15) is 15.9 Å². The van der Waals surface area contributed by atoms with Gasteiger partial charge in [-0.3, -0.25) is 9.59 Å². The lowest BCUT2D eigenvalue weighted by atomic mass is 10.0. The molecule has 0 radical (unpaired) electrons. The van der Waals surface area contributed by atoms with Gasteiger partial charge in [-0.1, -0.05) is 60.2 Å². The highest BCUT2D eigenvalue weighted by molar-refractivity contribution is 6.06. The summed E-state index contributed by atoms with van der Waals surface area (Å²) in [5.41, 5.74) is 4.10. The van der Waals surface area contributed by atoms with Gasteiger partial charge in [0.1, 0.15) is 5.75 Å². The van der Waals surface area contributed by atoms with Gasteiger partial charge in [-0.2, -0.15) is 0 Å². The lowest BCUT2D eigenvalue weighted by Gasteiger charge is -2.33. The van der Waals surface area contributed by atoms with Gasteiger partial charge in [0.2, 0.25) is 0 Å². The first-order valence-corrected chi connectivity index (χ1v) is 11.9. The van der Waals surface area contributed by atoms with Crippen molar-refractivity contribution in [3.8, 4) is 17.0 Å². The molecule has 1 N–H and O–H groups in total. The van der Waals surface area contributed by atoms with Crippen molar-refractivity contribution in [2.45, 2.75) is 13.0 Å². The quantitative estimate of drug-likeness (QED) is 0.422. The van der Waals surface area contributed by atoms with E-state index in [9.17, 15) is 14.4 Å². The molecule has 8 heteroatoms. The van der Waals surface area contributed by atoms with Crippen molar-refractivity contribution < 1.29 is 23.9 Å². The highest BCUT2D eigenvalue weighted by Gasteiger charge is 2.33. The molecule has 1 unspecified atom stereocenters. The summed E-state index contributed by atoms with van der Waals surface area (Å²) in [6, 6.07) is 23.8. The lowest BCUT2D eigenvalue weighted by Crippen LogP contribution is -2.51. The van der Waals surface area contributed by atoms with Crippen LogP contribution in [-0.2, 0) is 14.3 Å². The molecular weight excluding hydrogens is 470 g/mol. The number of nitrogens with one attached hydrogen (secondary N) is 1. The number of nitrogens with zero attached hydrogens (tertiary/aromatic N) is 2. The van der Waals surface area contributed by atoms with Gasteiger partial charge < -0.3 is 19.7 Å². The normalized spacial score (nSPS) is 14.4. The van der Waals surface area contributed by atoms with Crippen LogP contribution < -0.4 is 15.0 Å². The summed E-state index contributed by atoms with van der Waals surface area (Å²) in [6.07, 6.45) is -0.874. The van der Waals surface area contributed by atoms with E-state index in [-0.39, 0.29) is 12.5 Å². The van der Waals surface area contributed by atoms with Gasteiger partial charge in [0.25, 0.3) is 11.8 Å². The van der Waals surface area contributed by atoms with Crippen LogP contribution in [0.4, 0.5) is 5.69 Å². The van der Waals surface area contributed by atoms with Crippen molar-refractivity contribution in [1.82, 2.24) is 10.3 Å². The van der Waals surface area contributed by atoms with Crippen LogP contribution in [0.25, 0.3) is 22.2 Å². The van der Waals surface area contributed by atoms with Crippen LogP contribution in [0, 0.1) is 6.92 Å². The Labute approximate surface area is 213 Å². The SMILES string of the molecule is CNC(=O)C1CN(C(=O)COC(=O)c2cc(-c3ccc(C)cc3)nc3ccccc23)c2ccccc2O1. The molecule has 1 atom stereocenters. The highest BCUT2D eigenvalue weighted by atomic mass is 16.5. The molecular formula is C29H25N3O5. The van der Waals surface area contributed by atoms with E-state index in [4.69, 9.17) is 14.5 Å². The Morgan fingerprint density at radius 3 is 2.54 bits per heavy atom. The Morgan fingerprint density at radius 2 is 1.76 bits per heavy atom. The lowest BCUT2D eigenvalue weighted by molar-refractivity contribution is -0.128. The number of aromatic nitrogens is 1. The summed E-state index contributed by atoms with van der Waals surface area (Å²) >= 11 is 0. The molecule has 0 spiro atoms. The zero-order chi connectivity index (χ0) is 25.9. The van der Waals surface area contributed by atoms with E-state index in [1.54, 1.807) is 36.4 Å². The molecule has 2 heterocycles. The number of carbonyl (C=O) groups excluding carboxylic acids is 3. The summed E-state index contributed by atoms with van der Waals surface area (Å²) in [4.78, 5) is 44.8. The second-order valence-electron chi connectivity index (χ2n) is 8.71. The molecule has 0 saturated heterocycles. The number of esters is 1. The number of para-hydroxylation sites is 3. The molecule has 0 aliphatic carbocycles. The molecule has 37 heavy (non-hydrogen) atoms. The van der Waals surface area contributed by atoms with E-state index in [1.807, 2.05) is 49.4 Å². The van der Waals surface area contributed by atoms with Crippen molar-refractivity contribution >= 4 is 34.4 Å². The van der Waals surface area contributed by atoms with Crippen LogP contribution in [0.2, 0.25) is 0 Å². The van der Waals surface area contributed by atoms with Crippen molar-refractivity contribution in [3.05, 3.63) is 90.0 Å². The number of hydrogen-bond acceptors (Lipinski definition) is 6. The fraction of sp³-hybridized carbons (Fsp3) is 0.172. The fourth-order valence-electron chi connectivity index (χ4n) is 4.27. The molecule has 1 aliphatic heterocycles. The first-order chi connectivity index (χ1) is 17.9. The average molecular weight is 496 g/mol. The summed E-state index contributed by atoms with van der Waals surface area (Å²) in [6.45, 7) is 1.51. The molecule has 1 aliphatic rings. The van der Waals surface area contributed by atoms with Crippen LogP contribution in [0.15, 0.2) is 78.9 Å². The predicted molar refractivity (Wildman–Crippen MR) is 139 cm³/mol. The number of hydrogen-bond donors (Lipinski definition) is 1. The number of benzene rings is 3. The van der Waals surface area contributed by atoms with E-state index in [0.717, 1.165) is 11.1 Å². The van der Waals surface area contributed by atoms with Gasteiger partial charge >= 0.3 is 5.97 Å². The van der Waals surface area contributed by atoms with Gasteiger partial charge in [0.05, 0.1) is 29.0 Å². The van der Waals surface area contributed by atoms with Crippen molar-refractivity contribution in [2.75, 3.05) is 25.1 Å². The molecule has 0 saturated carbocycles. The van der Waals surface area contributed by atoms with Gasteiger partial charge in [0, 0.05) is 18.0 Å². The number of pyridine rings is 1. The maximum atomic E-state index is 13.2. The minimum Gasteiger partial charge on any atom is -0.477 e. The molecule has 4 aromatic rings.